The SMILES string of the molecule is CN=C(NCC1CCN(S(=O)(=O)C(F)(F)F)CC1)NCC(C)N1CCC(C)CC1. The predicted octanol–water partition coefficient (Wildman–Crippen LogP) is 1.83. The van der Waals surface area contributed by atoms with Crippen molar-refractivity contribution in [1.82, 2.24) is 19.8 Å². The molecule has 0 aromatic heterocycles. The van der Waals surface area contributed by atoms with Gasteiger partial charge in [0.25, 0.3) is 0 Å². The van der Waals surface area contributed by atoms with Gasteiger partial charge in [0.05, 0.1) is 0 Å². The molecule has 0 bridgehead atoms. The number of nitrogens with zero attached hydrogens (tertiary/aromatic N) is 3. The number of hydrogen-bond acceptors (Lipinski definition) is 4. The van der Waals surface area contributed by atoms with E-state index in [9.17, 15) is 21.6 Å². The molecule has 2 fully saturated rings. The molecule has 29 heavy (non-hydrogen) atoms. The van der Waals surface area contributed by atoms with E-state index in [0.29, 0.717) is 35.7 Å². The van der Waals surface area contributed by atoms with Crippen LogP contribution >= 0.6 is 0 Å². The van der Waals surface area contributed by atoms with E-state index in [4.69, 9.17) is 0 Å². The van der Waals surface area contributed by atoms with Crippen molar-refractivity contribution in [3.63, 3.8) is 0 Å². The third-order valence-corrected chi connectivity index (χ3v) is 7.62. The van der Waals surface area contributed by atoms with Crippen LogP contribution in [0.2, 0.25) is 0 Å². The number of nitrogens with one attached hydrogen (secondary N) is 2. The van der Waals surface area contributed by atoms with Crippen molar-refractivity contribution >= 4 is 16.0 Å². The zero-order valence-corrected chi connectivity index (χ0v) is 18.3. The van der Waals surface area contributed by atoms with Crippen LogP contribution in [0.25, 0.3) is 0 Å². The van der Waals surface area contributed by atoms with Crippen molar-refractivity contribution in [3.05, 3.63) is 0 Å². The highest BCUT2D eigenvalue weighted by Gasteiger charge is 2.50. The van der Waals surface area contributed by atoms with Crippen molar-refractivity contribution in [2.75, 3.05) is 46.3 Å². The number of guanidine groups is 1. The van der Waals surface area contributed by atoms with E-state index >= 15 is 0 Å². The molecular weight excluding hydrogens is 407 g/mol. The van der Waals surface area contributed by atoms with Gasteiger partial charge in [0.1, 0.15) is 0 Å². The van der Waals surface area contributed by atoms with Gasteiger partial charge in [-0.3, -0.25) is 9.89 Å². The standard InChI is InChI=1S/C18H34F3N5O2S/c1-14-4-8-25(9-5-14)15(2)12-23-17(22-3)24-13-16-6-10-26(11-7-16)29(27,28)18(19,20)21/h14-16H,4-13H2,1-3H3,(H2,22,23,24). The number of halogens is 3. The molecule has 0 aromatic carbocycles. The Bertz CT molecular complexity index is 640. The van der Waals surface area contributed by atoms with Gasteiger partial charge in [-0.1, -0.05) is 6.92 Å². The van der Waals surface area contributed by atoms with E-state index in [0.717, 1.165) is 25.6 Å². The minimum Gasteiger partial charge on any atom is -0.356 e. The fourth-order valence-corrected chi connectivity index (χ4v) is 4.79. The summed E-state index contributed by atoms with van der Waals surface area (Å²) in [6, 6.07) is 0.386. The molecule has 170 valence electrons. The molecule has 2 rings (SSSR count). The van der Waals surface area contributed by atoms with Crippen LogP contribution < -0.4 is 10.6 Å². The number of sulfonamides is 1. The minimum atomic E-state index is -5.23. The van der Waals surface area contributed by atoms with E-state index in [-0.39, 0.29) is 19.0 Å². The van der Waals surface area contributed by atoms with Crippen molar-refractivity contribution in [2.24, 2.45) is 16.8 Å². The number of hydrogen-bond donors (Lipinski definition) is 2. The third kappa shape index (κ3) is 6.71. The van der Waals surface area contributed by atoms with Gasteiger partial charge in [-0.2, -0.15) is 17.5 Å². The lowest BCUT2D eigenvalue weighted by molar-refractivity contribution is -0.0496. The quantitative estimate of drug-likeness (QED) is 0.486. The highest BCUT2D eigenvalue weighted by Crippen LogP contribution is 2.30. The Morgan fingerprint density at radius 1 is 1.10 bits per heavy atom. The smallest absolute Gasteiger partial charge is 0.356 e. The number of aliphatic imine (C=N–C) groups is 1. The van der Waals surface area contributed by atoms with E-state index in [2.05, 4.69) is 34.4 Å². The van der Waals surface area contributed by atoms with Crippen molar-refractivity contribution < 1.29 is 21.6 Å². The van der Waals surface area contributed by atoms with Crippen molar-refractivity contribution in [1.29, 1.82) is 0 Å². The summed E-state index contributed by atoms with van der Waals surface area (Å²) < 4.78 is 61.4. The predicted molar refractivity (Wildman–Crippen MR) is 108 cm³/mol. The van der Waals surface area contributed by atoms with E-state index in [1.165, 1.54) is 12.8 Å². The Hall–Kier alpha value is -1.07. The monoisotopic (exact) mass is 441 g/mol. The maximum Gasteiger partial charge on any atom is 0.511 e. The van der Waals surface area contributed by atoms with Crippen LogP contribution in [0.3, 0.4) is 0 Å². The van der Waals surface area contributed by atoms with Gasteiger partial charge in [0, 0.05) is 39.3 Å². The van der Waals surface area contributed by atoms with E-state index < -0.39 is 15.5 Å². The average molecular weight is 442 g/mol. The average Bonchev–Trinajstić information content (AvgIpc) is 2.68. The number of alkyl halides is 3. The second kappa shape index (κ2) is 10.3. The third-order valence-electron chi connectivity index (χ3n) is 5.99. The summed E-state index contributed by atoms with van der Waals surface area (Å²) in [7, 11) is -3.54. The largest absolute Gasteiger partial charge is 0.511 e. The second-order valence-corrected chi connectivity index (χ2v) is 10.1. The van der Waals surface area contributed by atoms with Gasteiger partial charge in [-0.25, -0.2) is 8.42 Å². The molecule has 2 heterocycles. The molecule has 2 aliphatic rings. The lowest BCUT2D eigenvalue weighted by Gasteiger charge is -2.35. The Labute approximate surface area is 172 Å². The Morgan fingerprint density at radius 2 is 1.69 bits per heavy atom. The summed E-state index contributed by atoms with van der Waals surface area (Å²) in [6.45, 7) is 7.79. The van der Waals surface area contributed by atoms with Gasteiger partial charge in [-0.15, -0.1) is 0 Å². The molecule has 7 nitrogen and oxygen atoms in total. The molecule has 0 radical (unpaired) electrons. The lowest BCUT2D eigenvalue weighted by atomic mass is 9.98. The molecule has 0 saturated carbocycles. The topological polar surface area (TPSA) is 77.0 Å². The van der Waals surface area contributed by atoms with E-state index in [1.54, 1.807) is 7.05 Å². The van der Waals surface area contributed by atoms with Gasteiger partial charge < -0.3 is 10.6 Å². The Kier molecular flexibility index (Phi) is 8.59. The van der Waals surface area contributed by atoms with Crippen molar-refractivity contribution in [2.45, 2.75) is 51.1 Å². The summed E-state index contributed by atoms with van der Waals surface area (Å²) in [5, 5.41) is 6.53. The van der Waals surface area contributed by atoms with Gasteiger partial charge >= 0.3 is 15.5 Å². The number of likely N-dealkylation sites (tertiary alicyclic amines) is 1. The highest BCUT2D eigenvalue weighted by atomic mass is 32.2. The first-order chi connectivity index (χ1) is 13.5. The Balaban J connectivity index is 1.71. The molecule has 2 N–H and O–H groups in total. The fourth-order valence-electron chi connectivity index (χ4n) is 3.80. The first kappa shape index (κ1) is 24.2. The van der Waals surface area contributed by atoms with Crippen LogP contribution in [0, 0.1) is 11.8 Å². The zero-order valence-electron chi connectivity index (χ0n) is 17.5. The molecule has 0 aromatic rings. The van der Waals surface area contributed by atoms with Gasteiger partial charge in [0.2, 0.25) is 0 Å². The van der Waals surface area contributed by atoms with Crippen LogP contribution in [0.4, 0.5) is 13.2 Å². The summed E-state index contributed by atoms with van der Waals surface area (Å²) >= 11 is 0. The Morgan fingerprint density at radius 3 is 2.21 bits per heavy atom. The molecule has 1 unspecified atom stereocenters. The molecular formula is C18H34F3N5O2S. The van der Waals surface area contributed by atoms with Gasteiger partial charge in [0.15, 0.2) is 5.96 Å². The maximum absolute atomic E-state index is 12.6. The fraction of sp³-hybridized carbons (Fsp3) is 0.944. The molecule has 0 spiro atoms. The van der Waals surface area contributed by atoms with Crippen LogP contribution in [-0.4, -0.2) is 81.4 Å². The minimum absolute atomic E-state index is 0.106. The van der Waals surface area contributed by atoms with Gasteiger partial charge in [-0.05, 0) is 57.5 Å². The summed E-state index contributed by atoms with van der Waals surface area (Å²) in [5.41, 5.74) is -5.23. The molecule has 1 atom stereocenters. The highest BCUT2D eigenvalue weighted by molar-refractivity contribution is 7.90. The molecule has 11 heteroatoms. The van der Waals surface area contributed by atoms with Crippen LogP contribution in [-0.2, 0) is 10.0 Å². The van der Waals surface area contributed by atoms with E-state index in [1.807, 2.05) is 0 Å². The molecule has 2 saturated heterocycles. The molecule has 0 aliphatic carbocycles. The summed E-state index contributed by atoms with van der Waals surface area (Å²) in [5.74, 6) is 1.56. The first-order valence-electron chi connectivity index (χ1n) is 10.3. The zero-order chi connectivity index (χ0) is 21.7. The normalized spacial score (nSPS) is 23.2. The summed E-state index contributed by atoms with van der Waals surface area (Å²) in [4.78, 5) is 6.68. The molecule has 2 aliphatic heterocycles. The van der Waals surface area contributed by atoms with Crippen LogP contribution in [0.15, 0.2) is 4.99 Å². The second-order valence-electron chi connectivity index (χ2n) is 8.19. The van der Waals surface area contributed by atoms with Crippen molar-refractivity contribution in [3.8, 4) is 0 Å². The number of piperidine rings is 2. The van der Waals surface area contributed by atoms with Crippen LogP contribution in [0.5, 0.6) is 0 Å². The number of rotatable bonds is 6. The van der Waals surface area contributed by atoms with Crippen LogP contribution in [0.1, 0.15) is 39.5 Å². The molecule has 0 amide bonds. The summed E-state index contributed by atoms with van der Waals surface area (Å²) in [6.07, 6.45) is 3.23. The first-order valence-corrected chi connectivity index (χ1v) is 11.7. The maximum atomic E-state index is 12.6. The lowest BCUT2D eigenvalue weighted by Crippen LogP contribution is -2.49.